The van der Waals surface area contributed by atoms with Gasteiger partial charge in [-0.05, 0) is 12.1 Å². The lowest BCUT2D eigenvalue weighted by Crippen LogP contribution is -2.37. The second-order valence-electron chi connectivity index (χ2n) is 3.13. The highest BCUT2D eigenvalue weighted by Gasteiger charge is 2.27. The maximum absolute atomic E-state index is 10.4. The molecule has 1 rings (SSSR count). The van der Waals surface area contributed by atoms with E-state index >= 15 is 0 Å². The third kappa shape index (κ3) is 4.17. The van der Waals surface area contributed by atoms with E-state index in [4.69, 9.17) is 15.3 Å². The molecule has 0 aromatic heterocycles. The Kier molecular flexibility index (Phi) is 5.05. The summed E-state index contributed by atoms with van der Waals surface area (Å²) in [6.07, 6.45) is -3.20. The fourth-order valence-electron chi connectivity index (χ4n) is 0.976. The second kappa shape index (κ2) is 6.56. The minimum atomic E-state index is -1.85. The largest absolute Gasteiger partial charge is 0.479 e. The lowest BCUT2D eigenvalue weighted by Gasteiger charge is -2.13. The number of carboxylic acid groups (broad SMARTS) is 1. The molecule has 1 aromatic rings. The first-order chi connectivity index (χ1) is 8.15. The quantitative estimate of drug-likeness (QED) is 0.495. The van der Waals surface area contributed by atoms with E-state index in [1.54, 1.807) is 30.3 Å². The van der Waals surface area contributed by atoms with Crippen molar-refractivity contribution in [2.45, 2.75) is 12.2 Å². The Labute approximate surface area is 96.9 Å². The maximum atomic E-state index is 10.4. The molecule has 0 amide bonds. The number of benzene rings is 1. The number of aliphatic carboxylic acids is 1. The van der Waals surface area contributed by atoms with Gasteiger partial charge in [-0.15, -0.1) is 5.11 Å². The van der Waals surface area contributed by atoms with Crippen LogP contribution in [0.5, 0.6) is 0 Å². The molecule has 0 aliphatic heterocycles. The third-order valence-corrected chi connectivity index (χ3v) is 1.88. The number of carbonyl (C=O) groups is 1. The van der Waals surface area contributed by atoms with Crippen molar-refractivity contribution >= 4 is 11.7 Å². The average molecular weight is 240 g/mol. The van der Waals surface area contributed by atoms with Crippen molar-refractivity contribution in [3.05, 3.63) is 30.3 Å². The zero-order valence-corrected chi connectivity index (χ0v) is 8.80. The van der Waals surface area contributed by atoms with E-state index in [2.05, 4.69) is 15.2 Å². The van der Waals surface area contributed by atoms with E-state index in [1.165, 1.54) is 0 Å². The van der Waals surface area contributed by atoms with E-state index in [1.807, 2.05) is 0 Å². The Morgan fingerprint density at radius 1 is 1.35 bits per heavy atom. The van der Waals surface area contributed by atoms with Crippen LogP contribution >= 0.6 is 0 Å². The maximum Gasteiger partial charge on any atom is 0.336 e. The molecule has 17 heavy (non-hydrogen) atoms. The molecule has 2 atom stereocenters. The lowest BCUT2D eigenvalue weighted by atomic mass is 10.2. The van der Waals surface area contributed by atoms with Gasteiger partial charge in [0.05, 0.1) is 12.3 Å². The van der Waals surface area contributed by atoms with Gasteiger partial charge in [0.25, 0.3) is 0 Å². The number of aliphatic hydroxyl groups is 2. The number of aliphatic hydroxyl groups excluding tert-OH is 2. The first-order valence-corrected chi connectivity index (χ1v) is 4.78. The highest BCUT2D eigenvalue weighted by Crippen LogP contribution is 2.11. The van der Waals surface area contributed by atoms with Crippen molar-refractivity contribution < 1.29 is 25.0 Å². The summed E-state index contributed by atoms with van der Waals surface area (Å²) in [5, 5.41) is 33.3. The first kappa shape index (κ1) is 13.1. The Balaban J connectivity index is 2.53. The second-order valence-corrected chi connectivity index (χ2v) is 3.13. The number of carboxylic acids is 1. The summed E-state index contributed by atoms with van der Waals surface area (Å²) in [5.41, 5.74) is 0.508. The van der Waals surface area contributed by atoms with Crippen LogP contribution in [0.4, 0.5) is 5.69 Å². The Hall–Kier alpha value is -1.99. The van der Waals surface area contributed by atoms with Gasteiger partial charge in [0.2, 0.25) is 0 Å². The highest BCUT2D eigenvalue weighted by molar-refractivity contribution is 5.72. The van der Waals surface area contributed by atoms with E-state index in [-0.39, 0.29) is 0 Å². The van der Waals surface area contributed by atoms with Crippen LogP contribution in [-0.2, 0) is 9.63 Å². The van der Waals surface area contributed by atoms with E-state index in [9.17, 15) is 4.79 Å². The molecule has 2 unspecified atom stereocenters. The number of nitrogens with zero attached hydrogens (tertiary/aromatic N) is 2. The molecule has 0 aliphatic rings. The van der Waals surface area contributed by atoms with Crippen LogP contribution in [0.2, 0.25) is 0 Å². The monoisotopic (exact) mass is 240 g/mol. The van der Waals surface area contributed by atoms with Crippen molar-refractivity contribution in [1.82, 2.24) is 0 Å². The van der Waals surface area contributed by atoms with Gasteiger partial charge >= 0.3 is 5.97 Å². The Morgan fingerprint density at radius 2 is 2.00 bits per heavy atom. The average Bonchev–Trinajstić information content (AvgIpc) is 2.35. The van der Waals surface area contributed by atoms with Crippen LogP contribution in [0.15, 0.2) is 40.7 Å². The fraction of sp³-hybridized carbons (Fsp3) is 0.300. The summed E-state index contributed by atoms with van der Waals surface area (Å²) in [7, 11) is 0. The molecule has 92 valence electrons. The molecule has 7 heteroatoms. The zero-order chi connectivity index (χ0) is 12.7. The topological polar surface area (TPSA) is 112 Å². The highest BCUT2D eigenvalue weighted by atomic mass is 16.7. The van der Waals surface area contributed by atoms with Crippen LogP contribution in [-0.4, -0.2) is 40.1 Å². The predicted molar refractivity (Wildman–Crippen MR) is 56.6 cm³/mol. The fourth-order valence-corrected chi connectivity index (χ4v) is 0.976. The molecule has 3 N–H and O–H groups in total. The SMILES string of the molecule is O=C(O)C(O)C(CO)ON=Nc1ccccc1. The van der Waals surface area contributed by atoms with E-state index in [0.29, 0.717) is 5.69 Å². The zero-order valence-electron chi connectivity index (χ0n) is 8.80. The number of rotatable bonds is 6. The van der Waals surface area contributed by atoms with Gasteiger partial charge in [0.15, 0.2) is 12.2 Å². The standard InChI is InChI=1S/C10H12N2O5/c13-6-8(9(14)10(15)16)17-12-11-7-4-2-1-3-5-7/h1-5,8-9,13-14H,6H2,(H,15,16). The van der Waals surface area contributed by atoms with E-state index in [0.717, 1.165) is 0 Å². The minimum Gasteiger partial charge on any atom is -0.479 e. The van der Waals surface area contributed by atoms with Crippen LogP contribution in [0, 0.1) is 0 Å². The van der Waals surface area contributed by atoms with Crippen molar-refractivity contribution in [2.24, 2.45) is 10.4 Å². The summed E-state index contributed by atoms with van der Waals surface area (Å²) in [6.45, 7) is -0.679. The molecule has 0 spiro atoms. The first-order valence-electron chi connectivity index (χ1n) is 4.78. The summed E-state index contributed by atoms with van der Waals surface area (Å²) in [6, 6.07) is 8.60. The van der Waals surface area contributed by atoms with Crippen LogP contribution < -0.4 is 0 Å². The summed E-state index contributed by atoms with van der Waals surface area (Å²) >= 11 is 0. The van der Waals surface area contributed by atoms with Gasteiger partial charge < -0.3 is 20.2 Å². The molecule has 0 saturated carbocycles. The van der Waals surface area contributed by atoms with Gasteiger partial charge in [-0.25, -0.2) is 4.79 Å². The van der Waals surface area contributed by atoms with Gasteiger partial charge in [-0.2, -0.15) is 0 Å². The third-order valence-electron chi connectivity index (χ3n) is 1.88. The van der Waals surface area contributed by atoms with Crippen LogP contribution in [0.25, 0.3) is 0 Å². The Morgan fingerprint density at radius 3 is 2.53 bits per heavy atom. The summed E-state index contributed by atoms with van der Waals surface area (Å²) < 4.78 is 0. The van der Waals surface area contributed by atoms with Gasteiger partial charge in [0, 0.05) is 5.28 Å². The molecular formula is C10H12N2O5. The van der Waals surface area contributed by atoms with Crippen molar-refractivity contribution in [3.8, 4) is 0 Å². The number of hydrogen-bond acceptors (Lipinski definition) is 6. The molecule has 0 fully saturated rings. The Bertz CT molecular complexity index is 382. The van der Waals surface area contributed by atoms with Gasteiger partial charge in [0.1, 0.15) is 0 Å². The lowest BCUT2D eigenvalue weighted by molar-refractivity contribution is -0.158. The predicted octanol–water partition coefficient (Wildman–Crippen LogP) is 0.508. The molecule has 0 aliphatic carbocycles. The van der Waals surface area contributed by atoms with Crippen LogP contribution in [0.3, 0.4) is 0 Å². The van der Waals surface area contributed by atoms with Crippen molar-refractivity contribution in [3.63, 3.8) is 0 Å². The van der Waals surface area contributed by atoms with Gasteiger partial charge in [-0.1, -0.05) is 18.2 Å². The minimum absolute atomic E-state index is 0.508. The molecule has 0 bridgehead atoms. The molecule has 0 radical (unpaired) electrons. The molecule has 0 saturated heterocycles. The van der Waals surface area contributed by atoms with Gasteiger partial charge in [-0.3, -0.25) is 0 Å². The molecule has 1 aromatic carbocycles. The summed E-state index contributed by atoms with van der Waals surface area (Å²) in [4.78, 5) is 15.0. The number of hydrogen-bond donors (Lipinski definition) is 3. The van der Waals surface area contributed by atoms with Crippen molar-refractivity contribution in [2.75, 3.05) is 6.61 Å². The molecule has 0 heterocycles. The normalized spacial score (nSPS) is 14.5. The van der Waals surface area contributed by atoms with Crippen molar-refractivity contribution in [1.29, 1.82) is 0 Å². The van der Waals surface area contributed by atoms with Crippen LogP contribution in [0.1, 0.15) is 0 Å². The smallest absolute Gasteiger partial charge is 0.336 e. The van der Waals surface area contributed by atoms with E-state index < -0.39 is 24.8 Å². The summed E-state index contributed by atoms with van der Waals surface area (Å²) in [5.74, 6) is -1.50. The molecule has 7 nitrogen and oxygen atoms in total. The molecular weight excluding hydrogens is 228 g/mol.